The summed E-state index contributed by atoms with van der Waals surface area (Å²) in [5, 5.41) is 1.07. The van der Waals surface area contributed by atoms with Crippen molar-refractivity contribution in [3.63, 3.8) is 0 Å². The molecule has 0 saturated carbocycles. The first-order valence-electron chi connectivity index (χ1n) is 11.2. The van der Waals surface area contributed by atoms with Crippen molar-refractivity contribution < 1.29 is 9.59 Å². The molecule has 1 aliphatic heterocycles. The summed E-state index contributed by atoms with van der Waals surface area (Å²) in [5.41, 5.74) is 1.59. The summed E-state index contributed by atoms with van der Waals surface area (Å²) >= 11 is 1.56. The number of carbonyl (C=O) groups excluding carboxylic acids is 2. The monoisotopic (exact) mass is 427 g/mol. The molecule has 30 heavy (non-hydrogen) atoms. The van der Waals surface area contributed by atoms with Crippen molar-refractivity contribution in [2.75, 3.05) is 19.6 Å². The molecule has 1 aromatic carbocycles. The fraction of sp³-hybridized carbons (Fsp3) is 0.542. The largest absolute Gasteiger partial charge is 0.338 e. The van der Waals surface area contributed by atoms with Gasteiger partial charge in [-0.15, -0.1) is 11.3 Å². The Morgan fingerprint density at radius 1 is 1.13 bits per heavy atom. The number of rotatable bonds is 8. The summed E-state index contributed by atoms with van der Waals surface area (Å²) in [6.45, 7) is 8.36. The number of benzene rings is 1. The Balaban J connectivity index is 1.66. The standard InChI is InChI=1S/C24H33N3O2S/c1-4-6-12-21-25-18(3)22(30-21)24(29)27(15-5-2)20-13-16-26(17-14-20)23(28)19-10-8-7-9-11-19/h7-11,20H,4-6,12-17H2,1-3H3. The number of aromatic nitrogens is 1. The summed E-state index contributed by atoms with van der Waals surface area (Å²) in [7, 11) is 0. The highest BCUT2D eigenvalue weighted by Gasteiger charge is 2.31. The van der Waals surface area contributed by atoms with Crippen LogP contribution < -0.4 is 0 Å². The third-order valence-corrected chi connectivity index (χ3v) is 6.92. The van der Waals surface area contributed by atoms with E-state index in [1.54, 1.807) is 11.3 Å². The molecule has 1 aromatic heterocycles. The predicted molar refractivity (Wildman–Crippen MR) is 122 cm³/mol. The SMILES string of the molecule is CCCCc1nc(C)c(C(=O)N(CCC)C2CCN(C(=O)c3ccccc3)CC2)s1. The lowest BCUT2D eigenvalue weighted by Crippen LogP contribution is -2.49. The van der Waals surface area contributed by atoms with Gasteiger partial charge in [0, 0.05) is 31.2 Å². The number of unbranched alkanes of at least 4 members (excludes halogenated alkanes) is 1. The molecule has 6 heteroatoms. The van der Waals surface area contributed by atoms with Crippen LogP contribution in [-0.4, -0.2) is 52.3 Å². The van der Waals surface area contributed by atoms with Crippen molar-refractivity contribution in [2.24, 2.45) is 0 Å². The lowest BCUT2D eigenvalue weighted by molar-refractivity contribution is 0.0522. The van der Waals surface area contributed by atoms with Crippen LogP contribution in [0.5, 0.6) is 0 Å². The topological polar surface area (TPSA) is 53.5 Å². The minimum Gasteiger partial charge on any atom is -0.338 e. The van der Waals surface area contributed by atoms with Crippen molar-refractivity contribution in [3.05, 3.63) is 51.5 Å². The molecule has 2 aromatic rings. The minimum atomic E-state index is 0.0845. The maximum Gasteiger partial charge on any atom is 0.266 e. The van der Waals surface area contributed by atoms with Crippen LogP contribution in [0.3, 0.4) is 0 Å². The van der Waals surface area contributed by atoms with Gasteiger partial charge in [-0.2, -0.15) is 0 Å². The summed E-state index contributed by atoms with van der Waals surface area (Å²) in [6.07, 6.45) is 5.76. The number of thiazole rings is 1. The van der Waals surface area contributed by atoms with E-state index in [-0.39, 0.29) is 17.9 Å². The number of hydrogen-bond acceptors (Lipinski definition) is 4. The van der Waals surface area contributed by atoms with Gasteiger partial charge in [-0.05, 0) is 51.2 Å². The quantitative estimate of drug-likeness (QED) is 0.599. The molecule has 0 radical (unpaired) electrons. The van der Waals surface area contributed by atoms with Crippen LogP contribution in [0.15, 0.2) is 30.3 Å². The van der Waals surface area contributed by atoms with Crippen molar-refractivity contribution in [2.45, 2.75) is 65.3 Å². The Bertz CT molecular complexity index is 841. The van der Waals surface area contributed by atoms with Crippen molar-refractivity contribution >= 4 is 23.2 Å². The molecular weight excluding hydrogens is 394 g/mol. The molecule has 5 nitrogen and oxygen atoms in total. The highest BCUT2D eigenvalue weighted by atomic mass is 32.1. The van der Waals surface area contributed by atoms with Crippen molar-refractivity contribution in [1.82, 2.24) is 14.8 Å². The van der Waals surface area contributed by atoms with Gasteiger partial charge in [0.15, 0.2) is 0 Å². The second-order valence-electron chi connectivity index (χ2n) is 8.01. The average molecular weight is 428 g/mol. The van der Waals surface area contributed by atoms with Crippen LogP contribution in [0.4, 0.5) is 0 Å². The second kappa shape index (κ2) is 10.7. The van der Waals surface area contributed by atoms with E-state index < -0.39 is 0 Å². The number of aryl methyl sites for hydroxylation is 2. The zero-order valence-corrected chi connectivity index (χ0v) is 19.2. The Morgan fingerprint density at radius 3 is 2.47 bits per heavy atom. The van der Waals surface area contributed by atoms with E-state index in [1.165, 1.54) is 0 Å². The molecule has 3 rings (SSSR count). The lowest BCUT2D eigenvalue weighted by Gasteiger charge is -2.38. The molecule has 0 unspecified atom stereocenters. The van der Waals surface area contributed by atoms with Crippen LogP contribution in [0.2, 0.25) is 0 Å². The van der Waals surface area contributed by atoms with Gasteiger partial charge >= 0.3 is 0 Å². The van der Waals surface area contributed by atoms with Gasteiger partial charge in [-0.3, -0.25) is 9.59 Å². The fourth-order valence-electron chi connectivity index (χ4n) is 4.05. The Morgan fingerprint density at radius 2 is 1.83 bits per heavy atom. The van der Waals surface area contributed by atoms with Gasteiger partial charge in [-0.25, -0.2) is 4.98 Å². The number of likely N-dealkylation sites (tertiary alicyclic amines) is 1. The van der Waals surface area contributed by atoms with E-state index in [0.717, 1.165) is 66.2 Å². The Labute approximate surface area is 184 Å². The zero-order chi connectivity index (χ0) is 21.5. The highest BCUT2D eigenvalue weighted by Crippen LogP contribution is 2.26. The maximum atomic E-state index is 13.4. The Kier molecular flexibility index (Phi) is 8.02. The van der Waals surface area contributed by atoms with E-state index in [2.05, 4.69) is 18.8 Å². The van der Waals surface area contributed by atoms with E-state index in [9.17, 15) is 9.59 Å². The van der Waals surface area contributed by atoms with Gasteiger partial charge in [0.25, 0.3) is 11.8 Å². The summed E-state index contributed by atoms with van der Waals surface area (Å²) in [5.74, 6) is 0.198. The van der Waals surface area contributed by atoms with E-state index in [4.69, 9.17) is 0 Å². The normalized spacial score (nSPS) is 14.7. The van der Waals surface area contributed by atoms with E-state index >= 15 is 0 Å². The van der Waals surface area contributed by atoms with Gasteiger partial charge in [-0.1, -0.05) is 38.5 Å². The van der Waals surface area contributed by atoms with Crippen LogP contribution in [0.1, 0.15) is 76.7 Å². The molecule has 0 atom stereocenters. The van der Waals surface area contributed by atoms with Crippen LogP contribution in [0, 0.1) is 6.92 Å². The second-order valence-corrected chi connectivity index (χ2v) is 9.10. The molecule has 1 saturated heterocycles. The smallest absolute Gasteiger partial charge is 0.266 e. The number of piperidine rings is 1. The van der Waals surface area contributed by atoms with Crippen LogP contribution in [-0.2, 0) is 6.42 Å². The van der Waals surface area contributed by atoms with E-state index in [1.807, 2.05) is 47.1 Å². The number of nitrogens with zero attached hydrogens (tertiary/aromatic N) is 3. The number of amides is 2. The molecule has 1 fully saturated rings. The molecule has 0 spiro atoms. The first-order valence-corrected chi connectivity index (χ1v) is 12.0. The maximum absolute atomic E-state index is 13.4. The fourth-order valence-corrected chi connectivity index (χ4v) is 5.11. The predicted octanol–water partition coefficient (Wildman–Crippen LogP) is 4.95. The average Bonchev–Trinajstić information content (AvgIpc) is 3.16. The third-order valence-electron chi connectivity index (χ3n) is 5.72. The summed E-state index contributed by atoms with van der Waals surface area (Å²) in [4.78, 5) is 35.5. The molecule has 0 N–H and O–H groups in total. The van der Waals surface area contributed by atoms with Gasteiger partial charge in [0.2, 0.25) is 0 Å². The molecule has 0 bridgehead atoms. The zero-order valence-electron chi connectivity index (χ0n) is 18.4. The lowest BCUT2D eigenvalue weighted by atomic mass is 10.0. The van der Waals surface area contributed by atoms with E-state index in [0.29, 0.717) is 13.1 Å². The number of hydrogen-bond donors (Lipinski definition) is 0. The summed E-state index contributed by atoms with van der Waals surface area (Å²) < 4.78 is 0. The molecule has 2 amide bonds. The minimum absolute atomic E-state index is 0.0845. The Hall–Kier alpha value is -2.21. The van der Waals surface area contributed by atoms with Gasteiger partial charge in [0.1, 0.15) is 4.88 Å². The molecule has 162 valence electrons. The first kappa shape index (κ1) is 22.5. The molecule has 2 heterocycles. The van der Waals surface area contributed by atoms with Gasteiger partial charge < -0.3 is 9.80 Å². The summed E-state index contributed by atoms with van der Waals surface area (Å²) in [6, 6.07) is 9.63. The molecule has 1 aliphatic rings. The van der Waals surface area contributed by atoms with Crippen LogP contribution >= 0.6 is 11.3 Å². The first-order chi connectivity index (χ1) is 14.5. The highest BCUT2D eigenvalue weighted by molar-refractivity contribution is 7.13. The molecule has 0 aliphatic carbocycles. The van der Waals surface area contributed by atoms with Gasteiger partial charge in [0.05, 0.1) is 10.7 Å². The number of carbonyl (C=O) groups is 2. The molecular formula is C24H33N3O2S. The third kappa shape index (κ3) is 5.28. The van der Waals surface area contributed by atoms with Crippen molar-refractivity contribution in [3.8, 4) is 0 Å². The van der Waals surface area contributed by atoms with Crippen molar-refractivity contribution in [1.29, 1.82) is 0 Å². The van der Waals surface area contributed by atoms with Crippen LogP contribution in [0.25, 0.3) is 0 Å².